The molecule has 1 rings (SSSR count). The third kappa shape index (κ3) is 2.08. The number of carbonyl (C=O) groups is 1. The van der Waals surface area contributed by atoms with Gasteiger partial charge in [-0.3, -0.25) is 4.79 Å². The Labute approximate surface area is 84.9 Å². The predicted molar refractivity (Wildman–Crippen MR) is 53.9 cm³/mol. The maximum Gasteiger partial charge on any atom is 0.177 e. The van der Waals surface area contributed by atoms with Gasteiger partial charge in [0.1, 0.15) is 0 Å². The van der Waals surface area contributed by atoms with E-state index in [0.29, 0.717) is 5.56 Å². The Morgan fingerprint density at radius 3 is 2.75 bits per heavy atom. The van der Waals surface area contributed by atoms with Crippen LogP contribution in [0.1, 0.15) is 15.9 Å². The van der Waals surface area contributed by atoms with E-state index in [2.05, 4.69) is 15.9 Å². The molecule has 0 heterocycles. The molecule has 1 aromatic carbocycles. The van der Waals surface area contributed by atoms with Gasteiger partial charge in [-0.2, -0.15) is 0 Å². The third-order valence-electron chi connectivity index (χ3n) is 1.62. The summed E-state index contributed by atoms with van der Waals surface area (Å²) in [4.78, 5) is 11.1. The molecule has 0 amide bonds. The maximum absolute atomic E-state index is 11.1. The van der Waals surface area contributed by atoms with Crippen LogP contribution in [0.15, 0.2) is 22.7 Å². The molecule has 64 valence electrons. The van der Waals surface area contributed by atoms with Crippen molar-refractivity contribution in [1.29, 1.82) is 0 Å². The standard InChI is InChI=1S/C9H8BrClO/c1-6-2-3-7(4-8(6)10)9(12)5-11/h2-4H,5H2,1H3. The van der Waals surface area contributed by atoms with Gasteiger partial charge in [0, 0.05) is 10.0 Å². The first-order valence-electron chi connectivity index (χ1n) is 3.50. The smallest absolute Gasteiger partial charge is 0.177 e. The van der Waals surface area contributed by atoms with E-state index in [4.69, 9.17) is 11.6 Å². The molecule has 0 aliphatic heterocycles. The number of halogens is 2. The van der Waals surface area contributed by atoms with Gasteiger partial charge in [-0.25, -0.2) is 0 Å². The summed E-state index contributed by atoms with van der Waals surface area (Å²) in [5.74, 6) is -0.00690. The third-order valence-corrected chi connectivity index (χ3v) is 2.71. The lowest BCUT2D eigenvalue weighted by atomic mass is 10.1. The van der Waals surface area contributed by atoms with E-state index >= 15 is 0 Å². The van der Waals surface area contributed by atoms with Crippen LogP contribution in [0.4, 0.5) is 0 Å². The summed E-state index contributed by atoms with van der Waals surface area (Å²) in [6.07, 6.45) is 0. The number of aryl methyl sites for hydroxylation is 1. The molecule has 0 N–H and O–H groups in total. The van der Waals surface area contributed by atoms with Crippen molar-refractivity contribution in [3.8, 4) is 0 Å². The summed E-state index contributed by atoms with van der Waals surface area (Å²) in [7, 11) is 0. The summed E-state index contributed by atoms with van der Waals surface area (Å²) in [5.41, 5.74) is 1.77. The van der Waals surface area contributed by atoms with Crippen molar-refractivity contribution in [2.45, 2.75) is 6.92 Å². The number of ketones is 1. The molecular formula is C9H8BrClO. The van der Waals surface area contributed by atoms with Crippen molar-refractivity contribution in [2.24, 2.45) is 0 Å². The molecule has 12 heavy (non-hydrogen) atoms. The quantitative estimate of drug-likeness (QED) is 0.579. The van der Waals surface area contributed by atoms with E-state index in [1.54, 1.807) is 12.1 Å². The highest BCUT2D eigenvalue weighted by molar-refractivity contribution is 9.10. The Bertz CT molecular complexity index is 309. The van der Waals surface area contributed by atoms with Gasteiger partial charge in [0.15, 0.2) is 5.78 Å². The monoisotopic (exact) mass is 246 g/mol. The fourth-order valence-electron chi connectivity index (χ4n) is 0.843. The van der Waals surface area contributed by atoms with Gasteiger partial charge in [-0.05, 0) is 18.6 Å². The number of alkyl halides is 1. The van der Waals surface area contributed by atoms with Crippen molar-refractivity contribution in [2.75, 3.05) is 5.88 Å². The van der Waals surface area contributed by atoms with Crippen LogP contribution in [0.25, 0.3) is 0 Å². The normalized spacial score (nSPS) is 9.92. The largest absolute Gasteiger partial charge is 0.293 e. The molecule has 1 nitrogen and oxygen atoms in total. The van der Waals surface area contributed by atoms with Crippen LogP contribution < -0.4 is 0 Å². The van der Waals surface area contributed by atoms with Gasteiger partial charge in [-0.15, -0.1) is 11.6 Å². The summed E-state index contributed by atoms with van der Waals surface area (Å²) in [6, 6.07) is 5.47. The number of hydrogen-bond acceptors (Lipinski definition) is 1. The second kappa shape index (κ2) is 4.06. The number of rotatable bonds is 2. The topological polar surface area (TPSA) is 17.1 Å². The first kappa shape index (κ1) is 9.75. The van der Waals surface area contributed by atoms with Crippen molar-refractivity contribution < 1.29 is 4.79 Å². The summed E-state index contributed by atoms with van der Waals surface area (Å²) < 4.78 is 0.943. The molecule has 3 heteroatoms. The molecule has 0 aliphatic carbocycles. The van der Waals surface area contributed by atoms with Crippen LogP contribution in [0.2, 0.25) is 0 Å². The van der Waals surface area contributed by atoms with E-state index in [9.17, 15) is 4.79 Å². The molecule has 0 atom stereocenters. The van der Waals surface area contributed by atoms with E-state index < -0.39 is 0 Å². The molecule has 0 radical (unpaired) electrons. The van der Waals surface area contributed by atoms with Gasteiger partial charge in [0.25, 0.3) is 0 Å². The minimum Gasteiger partial charge on any atom is -0.293 e. The highest BCUT2D eigenvalue weighted by Gasteiger charge is 2.04. The van der Waals surface area contributed by atoms with Crippen LogP contribution in [0, 0.1) is 6.92 Å². The van der Waals surface area contributed by atoms with Gasteiger partial charge < -0.3 is 0 Å². The second-order valence-electron chi connectivity index (χ2n) is 2.52. The highest BCUT2D eigenvalue weighted by atomic mass is 79.9. The molecule has 0 fully saturated rings. The number of Topliss-reactive ketones (excluding diaryl/α,β-unsaturated/α-hetero) is 1. The lowest BCUT2D eigenvalue weighted by Gasteiger charge is -2.00. The van der Waals surface area contributed by atoms with E-state index in [-0.39, 0.29) is 11.7 Å². The fraction of sp³-hybridized carbons (Fsp3) is 0.222. The first-order chi connectivity index (χ1) is 5.65. The lowest BCUT2D eigenvalue weighted by molar-refractivity contribution is 0.102. The maximum atomic E-state index is 11.1. The van der Waals surface area contributed by atoms with Crippen LogP contribution in [-0.2, 0) is 0 Å². The highest BCUT2D eigenvalue weighted by Crippen LogP contribution is 2.17. The minimum absolute atomic E-state index is 0.0372. The molecule has 0 bridgehead atoms. The first-order valence-corrected chi connectivity index (χ1v) is 4.83. The average molecular weight is 248 g/mol. The number of carbonyl (C=O) groups excluding carboxylic acids is 1. The van der Waals surface area contributed by atoms with E-state index in [1.165, 1.54) is 0 Å². The number of hydrogen-bond donors (Lipinski definition) is 0. The van der Waals surface area contributed by atoms with Crippen LogP contribution in [0.5, 0.6) is 0 Å². The molecule has 0 aromatic heterocycles. The fourth-order valence-corrected chi connectivity index (χ4v) is 1.38. The molecule has 1 aromatic rings. The Morgan fingerprint density at radius 1 is 1.58 bits per heavy atom. The predicted octanol–water partition coefficient (Wildman–Crippen LogP) is 3.18. The zero-order valence-electron chi connectivity index (χ0n) is 6.60. The van der Waals surface area contributed by atoms with E-state index in [1.807, 2.05) is 13.0 Å². The molecule has 0 aliphatic rings. The van der Waals surface area contributed by atoms with Gasteiger partial charge in [0.2, 0.25) is 0 Å². The molecule has 0 saturated heterocycles. The zero-order valence-corrected chi connectivity index (χ0v) is 8.95. The van der Waals surface area contributed by atoms with Gasteiger partial charge in [-0.1, -0.05) is 28.1 Å². The van der Waals surface area contributed by atoms with Crippen molar-refractivity contribution >= 4 is 33.3 Å². The Balaban J connectivity index is 3.05. The summed E-state index contributed by atoms with van der Waals surface area (Å²) in [5, 5.41) is 0. The van der Waals surface area contributed by atoms with Crippen LogP contribution in [0.3, 0.4) is 0 Å². The lowest BCUT2D eigenvalue weighted by Crippen LogP contribution is -1.99. The summed E-state index contributed by atoms with van der Waals surface area (Å²) in [6.45, 7) is 1.97. The molecule has 0 spiro atoms. The number of benzene rings is 1. The van der Waals surface area contributed by atoms with Gasteiger partial charge in [0.05, 0.1) is 5.88 Å². The summed E-state index contributed by atoms with van der Waals surface area (Å²) >= 11 is 8.76. The Hall–Kier alpha value is -0.340. The van der Waals surface area contributed by atoms with Gasteiger partial charge >= 0.3 is 0 Å². The van der Waals surface area contributed by atoms with Crippen molar-refractivity contribution in [3.05, 3.63) is 33.8 Å². The molecule has 0 saturated carbocycles. The van der Waals surface area contributed by atoms with Crippen LogP contribution in [-0.4, -0.2) is 11.7 Å². The van der Waals surface area contributed by atoms with Crippen molar-refractivity contribution in [1.82, 2.24) is 0 Å². The Kier molecular flexibility index (Phi) is 3.29. The van der Waals surface area contributed by atoms with Crippen molar-refractivity contribution in [3.63, 3.8) is 0 Å². The van der Waals surface area contributed by atoms with E-state index in [0.717, 1.165) is 10.0 Å². The Morgan fingerprint density at radius 2 is 2.25 bits per heavy atom. The van der Waals surface area contributed by atoms with Crippen LogP contribution >= 0.6 is 27.5 Å². The minimum atomic E-state index is -0.0441. The SMILES string of the molecule is Cc1ccc(C(=O)CCl)cc1Br. The average Bonchev–Trinajstić information content (AvgIpc) is 2.08. The molecular weight excluding hydrogens is 239 g/mol. The molecule has 0 unspecified atom stereocenters. The second-order valence-corrected chi connectivity index (χ2v) is 3.64. The zero-order chi connectivity index (χ0) is 9.14.